The Bertz CT molecular complexity index is 971. The fraction of sp³-hybridized carbons (Fsp3) is 0.250. The van der Waals surface area contributed by atoms with E-state index >= 15 is 0 Å². The molecule has 10 heteroatoms. The van der Waals surface area contributed by atoms with Crippen LogP contribution in [0.3, 0.4) is 0 Å². The topological polar surface area (TPSA) is 78.7 Å². The maximum atomic E-state index is 4.65. The quantitative estimate of drug-likeness (QED) is 0.533. The van der Waals surface area contributed by atoms with Gasteiger partial charge in [0.25, 0.3) is 0 Å². The Morgan fingerprint density at radius 3 is 2.50 bits per heavy atom. The zero-order chi connectivity index (χ0) is 15.4. The molecule has 0 amide bonds. The van der Waals surface area contributed by atoms with Crippen molar-refractivity contribution in [2.45, 2.75) is 6.92 Å². The van der Waals surface area contributed by atoms with Gasteiger partial charge >= 0.3 is 0 Å². The van der Waals surface area contributed by atoms with Crippen molar-refractivity contribution < 1.29 is 0 Å². The SMILES string of the molecule is Cc1c(-c2nnc3sc(-c4c(Br)cnn4C)nn23)cnn1C. The second kappa shape index (κ2) is 4.71. The summed E-state index contributed by atoms with van der Waals surface area (Å²) in [5.74, 6) is 0.696. The van der Waals surface area contributed by atoms with Crippen LogP contribution in [0.2, 0.25) is 0 Å². The third kappa shape index (κ3) is 1.83. The Balaban J connectivity index is 1.92. The van der Waals surface area contributed by atoms with Gasteiger partial charge in [-0.05, 0) is 22.9 Å². The molecule has 0 saturated carbocycles. The Kier molecular flexibility index (Phi) is 2.91. The molecule has 0 atom stereocenters. The number of nitrogens with zero attached hydrogens (tertiary/aromatic N) is 8. The third-order valence-corrected chi connectivity index (χ3v) is 5.05. The Morgan fingerprint density at radius 1 is 1.09 bits per heavy atom. The summed E-state index contributed by atoms with van der Waals surface area (Å²) in [5.41, 5.74) is 2.87. The molecule has 0 saturated heterocycles. The number of hydrogen-bond acceptors (Lipinski definition) is 6. The predicted molar refractivity (Wildman–Crippen MR) is 85.5 cm³/mol. The summed E-state index contributed by atoms with van der Waals surface area (Å²) in [7, 11) is 3.78. The summed E-state index contributed by atoms with van der Waals surface area (Å²) in [6.07, 6.45) is 3.54. The lowest BCUT2D eigenvalue weighted by atomic mass is 10.2. The fourth-order valence-electron chi connectivity index (χ4n) is 2.25. The van der Waals surface area contributed by atoms with E-state index in [0.717, 1.165) is 31.4 Å². The van der Waals surface area contributed by atoms with Crippen LogP contribution in [-0.4, -0.2) is 39.4 Å². The van der Waals surface area contributed by atoms with Crippen molar-refractivity contribution in [2.24, 2.45) is 14.1 Å². The first-order valence-electron chi connectivity index (χ1n) is 6.45. The maximum absolute atomic E-state index is 4.65. The minimum atomic E-state index is 0.696. The Hall–Kier alpha value is -2.07. The van der Waals surface area contributed by atoms with Gasteiger partial charge in [-0.15, -0.1) is 10.2 Å². The molecule has 0 unspecified atom stereocenters. The molecule has 0 bridgehead atoms. The maximum Gasteiger partial charge on any atom is 0.235 e. The van der Waals surface area contributed by atoms with E-state index in [1.54, 1.807) is 26.3 Å². The van der Waals surface area contributed by atoms with Gasteiger partial charge in [0.1, 0.15) is 5.69 Å². The van der Waals surface area contributed by atoms with E-state index < -0.39 is 0 Å². The molecule has 0 spiro atoms. The molecule has 0 aliphatic heterocycles. The van der Waals surface area contributed by atoms with Crippen LogP contribution in [0.1, 0.15) is 5.69 Å². The zero-order valence-electron chi connectivity index (χ0n) is 12.0. The minimum Gasteiger partial charge on any atom is -0.272 e. The highest BCUT2D eigenvalue weighted by Crippen LogP contribution is 2.32. The van der Waals surface area contributed by atoms with Gasteiger partial charge in [0.2, 0.25) is 4.96 Å². The molecule has 4 aromatic rings. The lowest BCUT2D eigenvalue weighted by Crippen LogP contribution is -1.97. The fourth-order valence-corrected chi connectivity index (χ4v) is 3.85. The smallest absolute Gasteiger partial charge is 0.235 e. The molecule has 8 nitrogen and oxygen atoms in total. The van der Waals surface area contributed by atoms with Gasteiger partial charge in [-0.2, -0.15) is 19.8 Å². The average molecular weight is 379 g/mol. The first kappa shape index (κ1) is 13.6. The second-order valence-electron chi connectivity index (χ2n) is 4.86. The lowest BCUT2D eigenvalue weighted by Gasteiger charge is -1.98. The number of hydrogen-bond donors (Lipinski definition) is 0. The van der Waals surface area contributed by atoms with Crippen LogP contribution >= 0.6 is 27.3 Å². The first-order valence-corrected chi connectivity index (χ1v) is 8.06. The van der Waals surface area contributed by atoms with E-state index in [9.17, 15) is 0 Å². The molecule has 112 valence electrons. The van der Waals surface area contributed by atoms with Gasteiger partial charge in [0.05, 0.1) is 22.4 Å². The molecule has 0 aliphatic rings. The predicted octanol–water partition coefficient (Wildman–Crippen LogP) is 2.06. The van der Waals surface area contributed by atoms with Crippen LogP contribution in [0.15, 0.2) is 16.9 Å². The van der Waals surface area contributed by atoms with Crippen molar-refractivity contribution in [2.75, 3.05) is 0 Å². The highest BCUT2D eigenvalue weighted by molar-refractivity contribution is 9.10. The average Bonchev–Trinajstić information content (AvgIpc) is 3.19. The van der Waals surface area contributed by atoms with Crippen molar-refractivity contribution in [3.8, 4) is 22.1 Å². The van der Waals surface area contributed by atoms with Gasteiger partial charge in [-0.25, -0.2) is 0 Å². The minimum absolute atomic E-state index is 0.696. The lowest BCUT2D eigenvalue weighted by molar-refractivity contribution is 0.740. The van der Waals surface area contributed by atoms with E-state index in [1.807, 2.05) is 21.0 Å². The molecule has 4 heterocycles. The first-order chi connectivity index (χ1) is 10.6. The van der Waals surface area contributed by atoms with Gasteiger partial charge in [-0.3, -0.25) is 9.36 Å². The molecule has 4 aromatic heterocycles. The number of aromatic nitrogens is 8. The van der Waals surface area contributed by atoms with Crippen molar-refractivity contribution in [1.82, 2.24) is 39.4 Å². The molecular weight excluding hydrogens is 368 g/mol. The summed E-state index contributed by atoms with van der Waals surface area (Å²) in [6, 6.07) is 0. The normalized spacial score (nSPS) is 11.6. The van der Waals surface area contributed by atoms with Crippen molar-refractivity contribution in [3.05, 3.63) is 22.6 Å². The standard InChI is InChI=1S/C12H11BrN8S/c1-6-7(4-14-19(6)2)10-16-17-12-21(10)18-11(22-12)9-8(13)5-15-20(9)3/h4-5H,1-3H3. The van der Waals surface area contributed by atoms with Crippen LogP contribution < -0.4 is 0 Å². The van der Waals surface area contributed by atoms with E-state index in [0.29, 0.717) is 5.82 Å². The van der Waals surface area contributed by atoms with Gasteiger partial charge in [-0.1, -0.05) is 11.3 Å². The van der Waals surface area contributed by atoms with Crippen LogP contribution in [0.25, 0.3) is 27.1 Å². The van der Waals surface area contributed by atoms with Gasteiger partial charge in [0.15, 0.2) is 10.8 Å². The Morgan fingerprint density at radius 2 is 1.86 bits per heavy atom. The summed E-state index contributed by atoms with van der Waals surface area (Å²) < 4.78 is 6.24. The van der Waals surface area contributed by atoms with Crippen LogP contribution in [0.4, 0.5) is 0 Å². The molecule has 0 aliphatic carbocycles. The molecule has 0 N–H and O–H groups in total. The Labute approximate surface area is 137 Å². The van der Waals surface area contributed by atoms with Crippen molar-refractivity contribution in [1.29, 1.82) is 0 Å². The van der Waals surface area contributed by atoms with E-state index in [4.69, 9.17) is 0 Å². The number of aryl methyl sites for hydroxylation is 2. The van der Waals surface area contributed by atoms with E-state index in [2.05, 4.69) is 41.4 Å². The molecule has 0 aromatic carbocycles. The summed E-state index contributed by atoms with van der Waals surface area (Å²) >= 11 is 4.97. The number of fused-ring (bicyclic) bond motifs is 1. The molecule has 22 heavy (non-hydrogen) atoms. The highest BCUT2D eigenvalue weighted by Gasteiger charge is 2.20. The van der Waals surface area contributed by atoms with Gasteiger partial charge < -0.3 is 0 Å². The molecule has 0 radical (unpaired) electrons. The highest BCUT2D eigenvalue weighted by atomic mass is 79.9. The second-order valence-corrected chi connectivity index (χ2v) is 6.67. The molecule has 4 rings (SSSR count). The van der Waals surface area contributed by atoms with Crippen molar-refractivity contribution in [3.63, 3.8) is 0 Å². The molecular formula is C12H11BrN8S. The monoisotopic (exact) mass is 378 g/mol. The van der Waals surface area contributed by atoms with Crippen molar-refractivity contribution >= 4 is 32.2 Å². The number of rotatable bonds is 2. The molecule has 0 fully saturated rings. The van der Waals surface area contributed by atoms with Crippen LogP contribution in [0.5, 0.6) is 0 Å². The van der Waals surface area contributed by atoms with Crippen LogP contribution in [0, 0.1) is 6.92 Å². The summed E-state index contributed by atoms with van der Waals surface area (Å²) in [4.78, 5) is 0.737. The summed E-state index contributed by atoms with van der Waals surface area (Å²) in [5, 5.41) is 22.4. The van der Waals surface area contributed by atoms with E-state index in [-0.39, 0.29) is 0 Å². The van der Waals surface area contributed by atoms with E-state index in [1.165, 1.54) is 11.3 Å². The zero-order valence-corrected chi connectivity index (χ0v) is 14.4. The van der Waals surface area contributed by atoms with Crippen LogP contribution in [-0.2, 0) is 14.1 Å². The third-order valence-electron chi connectivity index (χ3n) is 3.56. The summed E-state index contributed by atoms with van der Waals surface area (Å²) in [6.45, 7) is 1.99. The van der Waals surface area contributed by atoms with Gasteiger partial charge in [0, 0.05) is 19.8 Å². The number of halogens is 1. The largest absolute Gasteiger partial charge is 0.272 e.